The fourth-order valence-corrected chi connectivity index (χ4v) is 2.07. The number of ether oxygens (including phenoxy) is 1. The molecule has 0 saturated carbocycles. The van der Waals surface area contributed by atoms with Crippen molar-refractivity contribution >= 4 is 10.9 Å². The first-order chi connectivity index (χ1) is 8.76. The zero-order valence-corrected chi connectivity index (χ0v) is 9.97. The summed E-state index contributed by atoms with van der Waals surface area (Å²) >= 11 is 0. The van der Waals surface area contributed by atoms with Gasteiger partial charge in [0.05, 0.1) is 7.11 Å². The van der Waals surface area contributed by atoms with Gasteiger partial charge >= 0.3 is 0 Å². The van der Waals surface area contributed by atoms with Gasteiger partial charge in [-0.05, 0) is 29.3 Å². The average Bonchev–Trinajstić information content (AvgIpc) is 2.78. The van der Waals surface area contributed by atoms with E-state index in [1.807, 2.05) is 42.5 Å². The third kappa shape index (κ3) is 1.80. The number of H-pyrrole nitrogens is 1. The first-order valence-electron chi connectivity index (χ1n) is 5.72. The van der Waals surface area contributed by atoms with Crippen LogP contribution in [0.5, 0.6) is 11.6 Å². The van der Waals surface area contributed by atoms with Crippen LogP contribution >= 0.6 is 0 Å². The number of hydrogen-bond donors (Lipinski definition) is 2. The zero-order chi connectivity index (χ0) is 12.5. The highest BCUT2D eigenvalue weighted by Crippen LogP contribution is 2.27. The van der Waals surface area contributed by atoms with Crippen molar-refractivity contribution in [3.8, 4) is 22.8 Å². The molecule has 2 N–H and O–H groups in total. The molecule has 3 nitrogen and oxygen atoms in total. The zero-order valence-electron chi connectivity index (χ0n) is 9.97. The van der Waals surface area contributed by atoms with Gasteiger partial charge in [-0.3, -0.25) is 0 Å². The molecule has 1 aromatic heterocycles. The minimum absolute atomic E-state index is 0.192. The maximum Gasteiger partial charge on any atom is 0.189 e. The molecule has 0 amide bonds. The maximum absolute atomic E-state index is 9.41. The van der Waals surface area contributed by atoms with Crippen molar-refractivity contribution in [2.45, 2.75) is 0 Å². The first kappa shape index (κ1) is 10.7. The predicted octanol–water partition coefficient (Wildman–Crippen LogP) is 3.55. The summed E-state index contributed by atoms with van der Waals surface area (Å²) in [5.74, 6) is 1.04. The van der Waals surface area contributed by atoms with E-state index in [0.29, 0.717) is 0 Å². The molecule has 3 aromatic rings. The lowest BCUT2D eigenvalue weighted by Gasteiger charge is -2.04. The van der Waals surface area contributed by atoms with Gasteiger partial charge in [0.25, 0.3) is 0 Å². The van der Waals surface area contributed by atoms with Gasteiger partial charge in [-0.15, -0.1) is 0 Å². The highest BCUT2D eigenvalue weighted by molar-refractivity contribution is 5.86. The van der Waals surface area contributed by atoms with Gasteiger partial charge in [0, 0.05) is 17.0 Å². The SMILES string of the molecule is COc1ccc(-c2ccc3cc(O)[nH]c3c2)cc1. The summed E-state index contributed by atoms with van der Waals surface area (Å²) in [5, 5.41) is 10.4. The first-order valence-corrected chi connectivity index (χ1v) is 5.72. The Balaban J connectivity index is 2.06. The van der Waals surface area contributed by atoms with Crippen molar-refractivity contribution < 1.29 is 9.84 Å². The van der Waals surface area contributed by atoms with Gasteiger partial charge in [0.2, 0.25) is 0 Å². The molecule has 0 aliphatic heterocycles. The molecule has 0 unspecified atom stereocenters. The summed E-state index contributed by atoms with van der Waals surface area (Å²) in [7, 11) is 1.66. The Hall–Kier alpha value is -2.42. The normalized spacial score (nSPS) is 10.7. The summed E-state index contributed by atoms with van der Waals surface area (Å²) in [5.41, 5.74) is 3.15. The topological polar surface area (TPSA) is 45.2 Å². The predicted molar refractivity (Wildman–Crippen MR) is 72.0 cm³/mol. The van der Waals surface area contributed by atoms with Crippen LogP contribution in [-0.2, 0) is 0 Å². The smallest absolute Gasteiger partial charge is 0.189 e. The second-order valence-electron chi connectivity index (χ2n) is 4.19. The second kappa shape index (κ2) is 4.11. The molecule has 0 aliphatic carbocycles. The average molecular weight is 239 g/mol. The van der Waals surface area contributed by atoms with E-state index < -0.39 is 0 Å². The highest BCUT2D eigenvalue weighted by Gasteiger charge is 2.03. The molecule has 0 atom stereocenters. The Morgan fingerprint density at radius 2 is 1.67 bits per heavy atom. The van der Waals surface area contributed by atoms with Crippen molar-refractivity contribution in [3.63, 3.8) is 0 Å². The van der Waals surface area contributed by atoms with E-state index in [9.17, 15) is 5.11 Å². The van der Waals surface area contributed by atoms with E-state index >= 15 is 0 Å². The number of aromatic hydroxyl groups is 1. The standard InChI is InChI=1S/C15H13NO2/c1-18-13-6-4-10(5-7-13)11-2-3-12-9-15(17)16-14(12)8-11/h2-9,16-17H,1H3. The van der Waals surface area contributed by atoms with Gasteiger partial charge in [0.15, 0.2) is 5.88 Å². The van der Waals surface area contributed by atoms with Crippen LogP contribution in [0.15, 0.2) is 48.5 Å². The van der Waals surface area contributed by atoms with E-state index in [-0.39, 0.29) is 5.88 Å². The monoisotopic (exact) mass is 239 g/mol. The van der Waals surface area contributed by atoms with E-state index in [1.54, 1.807) is 13.2 Å². The minimum Gasteiger partial charge on any atom is -0.497 e. The van der Waals surface area contributed by atoms with Crippen LogP contribution in [0.4, 0.5) is 0 Å². The molecule has 0 radical (unpaired) electrons. The van der Waals surface area contributed by atoms with Crippen molar-refractivity contribution in [3.05, 3.63) is 48.5 Å². The molecule has 2 aromatic carbocycles. The number of methoxy groups -OCH3 is 1. The fraction of sp³-hybridized carbons (Fsp3) is 0.0667. The lowest BCUT2D eigenvalue weighted by atomic mass is 10.0. The van der Waals surface area contributed by atoms with Crippen LogP contribution in [-0.4, -0.2) is 17.2 Å². The third-order valence-corrected chi connectivity index (χ3v) is 3.03. The lowest BCUT2D eigenvalue weighted by molar-refractivity contribution is 0.415. The van der Waals surface area contributed by atoms with Crippen LogP contribution in [0.1, 0.15) is 0 Å². The van der Waals surface area contributed by atoms with Crippen LogP contribution < -0.4 is 4.74 Å². The van der Waals surface area contributed by atoms with Gasteiger partial charge < -0.3 is 14.8 Å². The third-order valence-electron chi connectivity index (χ3n) is 3.03. The molecule has 3 heteroatoms. The molecule has 1 heterocycles. The number of rotatable bonds is 2. The Labute approximate surface area is 105 Å². The molecule has 0 bridgehead atoms. The molecule has 0 fully saturated rings. The number of fused-ring (bicyclic) bond motifs is 1. The molecule has 90 valence electrons. The molecular weight excluding hydrogens is 226 g/mol. The Morgan fingerprint density at radius 3 is 2.39 bits per heavy atom. The van der Waals surface area contributed by atoms with Gasteiger partial charge in [-0.1, -0.05) is 24.3 Å². The number of aromatic amines is 1. The largest absolute Gasteiger partial charge is 0.497 e. The summed E-state index contributed by atoms with van der Waals surface area (Å²) in [6.07, 6.45) is 0. The summed E-state index contributed by atoms with van der Waals surface area (Å²) < 4.78 is 5.14. The summed E-state index contributed by atoms with van der Waals surface area (Å²) in [4.78, 5) is 2.92. The number of aromatic nitrogens is 1. The van der Waals surface area contributed by atoms with Crippen molar-refractivity contribution in [1.82, 2.24) is 4.98 Å². The maximum atomic E-state index is 9.41. The minimum atomic E-state index is 0.192. The molecule has 0 aliphatic rings. The van der Waals surface area contributed by atoms with Crippen LogP contribution in [0.25, 0.3) is 22.0 Å². The van der Waals surface area contributed by atoms with Crippen molar-refractivity contribution in [2.75, 3.05) is 7.11 Å². The fourth-order valence-electron chi connectivity index (χ4n) is 2.07. The molecular formula is C15H13NO2. The van der Waals surface area contributed by atoms with Crippen LogP contribution in [0.3, 0.4) is 0 Å². The Bertz CT molecular complexity index is 683. The molecule has 3 rings (SSSR count). The molecule has 18 heavy (non-hydrogen) atoms. The Morgan fingerprint density at radius 1 is 0.944 bits per heavy atom. The number of nitrogens with one attached hydrogen (secondary N) is 1. The molecule has 0 saturated heterocycles. The van der Waals surface area contributed by atoms with Gasteiger partial charge in [-0.25, -0.2) is 0 Å². The summed E-state index contributed by atoms with van der Waals surface area (Å²) in [6, 6.07) is 15.7. The van der Waals surface area contributed by atoms with Crippen molar-refractivity contribution in [1.29, 1.82) is 0 Å². The Kier molecular flexibility index (Phi) is 2.45. The van der Waals surface area contributed by atoms with E-state index in [0.717, 1.165) is 27.8 Å². The molecule has 0 spiro atoms. The lowest BCUT2D eigenvalue weighted by Crippen LogP contribution is -1.82. The van der Waals surface area contributed by atoms with Gasteiger partial charge in [0.1, 0.15) is 5.75 Å². The van der Waals surface area contributed by atoms with Crippen LogP contribution in [0, 0.1) is 0 Å². The number of hydrogen-bond acceptors (Lipinski definition) is 2. The van der Waals surface area contributed by atoms with Crippen molar-refractivity contribution in [2.24, 2.45) is 0 Å². The summed E-state index contributed by atoms with van der Waals surface area (Å²) in [6.45, 7) is 0. The second-order valence-corrected chi connectivity index (χ2v) is 4.19. The quantitative estimate of drug-likeness (QED) is 0.718. The highest BCUT2D eigenvalue weighted by atomic mass is 16.5. The van der Waals surface area contributed by atoms with E-state index in [4.69, 9.17) is 4.74 Å². The van der Waals surface area contributed by atoms with Gasteiger partial charge in [-0.2, -0.15) is 0 Å². The number of benzene rings is 2. The van der Waals surface area contributed by atoms with E-state index in [2.05, 4.69) is 4.98 Å². The van der Waals surface area contributed by atoms with Crippen LogP contribution in [0.2, 0.25) is 0 Å². The van der Waals surface area contributed by atoms with E-state index in [1.165, 1.54) is 0 Å².